The van der Waals surface area contributed by atoms with Gasteiger partial charge in [-0.15, -0.1) is 0 Å². The molecule has 4 rings (SSSR count). The number of fused-ring (bicyclic) bond motifs is 1. The van der Waals surface area contributed by atoms with Crippen LogP contribution in [0.25, 0.3) is 0 Å². The molecular weight excluding hydrogens is 386 g/mol. The SMILES string of the molecule is O=CC(=O)C1c2ccccc2CN1CC#Cc1cccc(CCC2(O)CCCCC2)c1. The van der Waals surface area contributed by atoms with Crippen molar-refractivity contribution in [3.05, 3.63) is 70.8 Å². The van der Waals surface area contributed by atoms with Gasteiger partial charge in [-0.05, 0) is 54.5 Å². The molecule has 1 atom stereocenters. The highest BCUT2D eigenvalue weighted by atomic mass is 16.3. The van der Waals surface area contributed by atoms with E-state index in [1.54, 1.807) is 0 Å². The zero-order chi connectivity index (χ0) is 21.7. The molecule has 2 aromatic carbocycles. The maximum Gasteiger partial charge on any atom is 0.216 e. The summed E-state index contributed by atoms with van der Waals surface area (Å²) < 4.78 is 0. The van der Waals surface area contributed by atoms with Crippen molar-refractivity contribution in [3.8, 4) is 11.8 Å². The number of nitrogens with zero attached hydrogens (tertiary/aromatic N) is 1. The predicted octanol–water partition coefficient (Wildman–Crippen LogP) is 3.99. The van der Waals surface area contributed by atoms with E-state index in [4.69, 9.17) is 0 Å². The standard InChI is InChI=1S/C27H29NO3/c29-20-25(30)26-24-12-3-2-11-23(24)19-28(26)17-7-10-21-8-6-9-22(18-21)13-16-27(31)14-4-1-5-15-27/h2-3,6,8-9,11-12,18,20,26,31H,1,4-5,13-17,19H2. The molecule has 1 saturated carbocycles. The number of carbonyl (C=O) groups is 2. The maximum atomic E-state index is 12.2. The smallest absolute Gasteiger partial charge is 0.216 e. The number of Topliss-reactive ketones (excluding diaryl/α,β-unsaturated/α-hetero) is 1. The van der Waals surface area contributed by atoms with E-state index >= 15 is 0 Å². The number of hydrogen-bond acceptors (Lipinski definition) is 4. The lowest BCUT2D eigenvalue weighted by atomic mass is 9.81. The first-order valence-corrected chi connectivity index (χ1v) is 11.2. The van der Waals surface area contributed by atoms with Crippen molar-refractivity contribution >= 4 is 12.1 Å². The lowest BCUT2D eigenvalue weighted by Gasteiger charge is -2.32. The van der Waals surface area contributed by atoms with Gasteiger partial charge >= 0.3 is 0 Å². The summed E-state index contributed by atoms with van der Waals surface area (Å²) >= 11 is 0. The molecule has 0 amide bonds. The summed E-state index contributed by atoms with van der Waals surface area (Å²) in [6, 6.07) is 15.4. The van der Waals surface area contributed by atoms with Gasteiger partial charge in [-0.2, -0.15) is 0 Å². The van der Waals surface area contributed by atoms with Crippen molar-refractivity contribution in [1.29, 1.82) is 0 Å². The van der Waals surface area contributed by atoms with Crippen molar-refractivity contribution in [2.24, 2.45) is 0 Å². The Bertz CT molecular complexity index is 1010. The Morgan fingerprint density at radius 1 is 1.13 bits per heavy atom. The van der Waals surface area contributed by atoms with Crippen molar-refractivity contribution in [3.63, 3.8) is 0 Å². The second kappa shape index (κ2) is 9.60. The summed E-state index contributed by atoms with van der Waals surface area (Å²) in [7, 11) is 0. The van der Waals surface area contributed by atoms with Crippen LogP contribution in [0.3, 0.4) is 0 Å². The van der Waals surface area contributed by atoms with Crippen LogP contribution in [0.2, 0.25) is 0 Å². The van der Waals surface area contributed by atoms with E-state index in [1.165, 1.54) is 12.0 Å². The van der Waals surface area contributed by atoms with E-state index in [1.807, 2.05) is 41.3 Å². The van der Waals surface area contributed by atoms with Gasteiger partial charge in [0.15, 0.2) is 6.29 Å². The summed E-state index contributed by atoms with van der Waals surface area (Å²) in [5.74, 6) is 5.97. The van der Waals surface area contributed by atoms with Crippen LogP contribution in [0.1, 0.15) is 66.8 Å². The molecular formula is C27H29NO3. The molecule has 1 aliphatic carbocycles. The second-order valence-corrected chi connectivity index (χ2v) is 8.81. The number of aryl methyl sites for hydroxylation is 1. The third-order valence-corrected chi connectivity index (χ3v) is 6.58. The van der Waals surface area contributed by atoms with E-state index < -0.39 is 17.4 Å². The fraction of sp³-hybridized carbons (Fsp3) is 0.407. The first kappa shape index (κ1) is 21.5. The lowest BCUT2D eigenvalue weighted by Crippen LogP contribution is -2.31. The van der Waals surface area contributed by atoms with Gasteiger partial charge in [-0.1, -0.05) is 67.5 Å². The Balaban J connectivity index is 1.40. The molecule has 1 fully saturated rings. The first-order valence-electron chi connectivity index (χ1n) is 11.2. The minimum atomic E-state index is -0.537. The number of rotatable bonds is 6. The van der Waals surface area contributed by atoms with E-state index in [0.717, 1.165) is 55.2 Å². The average Bonchev–Trinajstić information content (AvgIpc) is 3.16. The van der Waals surface area contributed by atoms with E-state index in [0.29, 0.717) is 19.4 Å². The monoisotopic (exact) mass is 415 g/mol. The van der Waals surface area contributed by atoms with Crippen LogP contribution >= 0.6 is 0 Å². The Morgan fingerprint density at radius 3 is 2.74 bits per heavy atom. The van der Waals surface area contributed by atoms with Crippen molar-refractivity contribution in [1.82, 2.24) is 4.90 Å². The van der Waals surface area contributed by atoms with Gasteiger partial charge < -0.3 is 5.11 Å². The Hall–Kier alpha value is -2.74. The minimum Gasteiger partial charge on any atom is -0.390 e. The Morgan fingerprint density at radius 2 is 1.94 bits per heavy atom. The molecule has 1 aliphatic heterocycles. The summed E-state index contributed by atoms with van der Waals surface area (Å²) in [6.07, 6.45) is 7.35. The van der Waals surface area contributed by atoms with Crippen LogP contribution < -0.4 is 0 Å². The maximum absolute atomic E-state index is 12.2. The quantitative estimate of drug-likeness (QED) is 0.440. The van der Waals surface area contributed by atoms with Crippen LogP contribution in [0, 0.1) is 11.8 Å². The van der Waals surface area contributed by atoms with Gasteiger partial charge in [0.25, 0.3) is 0 Å². The highest BCUT2D eigenvalue weighted by Gasteiger charge is 2.34. The zero-order valence-corrected chi connectivity index (χ0v) is 17.8. The third kappa shape index (κ3) is 5.12. The number of hydrogen-bond donors (Lipinski definition) is 1. The van der Waals surface area contributed by atoms with E-state index in [-0.39, 0.29) is 0 Å². The fourth-order valence-corrected chi connectivity index (χ4v) is 4.88. The molecule has 0 aromatic heterocycles. The first-order chi connectivity index (χ1) is 15.1. The topological polar surface area (TPSA) is 57.6 Å². The molecule has 2 aliphatic rings. The molecule has 4 heteroatoms. The lowest BCUT2D eigenvalue weighted by molar-refractivity contribution is -0.133. The van der Waals surface area contributed by atoms with Crippen LogP contribution in [0.4, 0.5) is 0 Å². The number of benzene rings is 2. The van der Waals surface area contributed by atoms with Gasteiger partial charge in [0.1, 0.15) is 6.04 Å². The fourth-order valence-electron chi connectivity index (χ4n) is 4.88. The molecule has 160 valence electrons. The van der Waals surface area contributed by atoms with E-state index in [9.17, 15) is 14.7 Å². The van der Waals surface area contributed by atoms with Crippen LogP contribution in [0.15, 0.2) is 48.5 Å². The second-order valence-electron chi connectivity index (χ2n) is 8.81. The Labute approximate surface area is 184 Å². The van der Waals surface area contributed by atoms with Crippen molar-refractivity contribution in [2.75, 3.05) is 6.54 Å². The zero-order valence-electron chi connectivity index (χ0n) is 17.8. The highest BCUT2D eigenvalue weighted by Crippen LogP contribution is 2.33. The normalized spacial score (nSPS) is 19.8. The number of carbonyl (C=O) groups excluding carboxylic acids is 2. The van der Waals surface area contributed by atoms with Crippen molar-refractivity contribution < 1.29 is 14.7 Å². The average molecular weight is 416 g/mol. The van der Waals surface area contributed by atoms with Gasteiger partial charge in [-0.25, -0.2) is 0 Å². The number of aliphatic hydroxyl groups is 1. The number of aldehydes is 1. The van der Waals surface area contributed by atoms with Crippen LogP contribution in [-0.4, -0.2) is 34.2 Å². The van der Waals surface area contributed by atoms with Crippen molar-refractivity contribution in [2.45, 2.75) is 63.1 Å². The highest BCUT2D eigenvalue weighted by molar-refractivity contribution is 6.27. The number of ketones is 1. The Kier molecular flexibility index (Phi) is 6.65. The van der Waals surface area contributed by atoms with Gasteiger partial charge in [0, 0.05) is 12.1 Å². The predicted molar refractivity (Wildman–Crippen MR) is 120 cm³/mol. The van der Waals surface area contributed by atoms with Crippen LogP contribution in [-0.2, 0) is 22.6 Å². The molecule has 0 spiro atoms. The molecule has 1 N–H and O–H groups in total. The van der Waals surface area contributed by atoms with Gasteiger partial charge in [-0.3, -0.25) is 14.5 Å². The summed E-state index contributed by atoms with van der Waals surface area (Å²) in [5.41, 5.74) is 3.60. The molecule has 1 heterocycles. The molecule has 31 heavy (non-hydrogen) atoms. The van der Waals surface area contributed by atoms with E-state index in [2.05, 4.69) is 24.0 Å². The largest absolute Gasteiger partial charge is 0.390 e. The molecule has 0 radical (unpaired) electrons. The summed E-state index contributed by atoms with van der Waals surface area (Å²) in [5, 5.41) is 10.7. The molecule has 1 unspecified atom stereocenters. The molecule has 0 bridgehead atoms. The van der Waals surface area contributed by atoms with Gasteiger partial charge in [0.2, 0.25) is 5.78 Å². The minimum absolute atomic E-state index is 0.414. The molecule has 4 nitrogen and oxygen atoms in total. The molecule has 0 saturated heterocycles. The third-order valence-electron chi connectivity index (χ3n) is 6.58. The summed E-state index contributed by atoms with van der Waals surface area (Å²) in [6.45, 7) is 1.04. The van der Waals surface area contributed by atoms with Crippen LogP contribution in [0.5, 0.6) is 0 Å². The molecule has 2 aromatic rings. The summed E-state index contributed by atoms with van der Waals surface area (Å²) in [4.78, 5) is 25.3. The van der Waals surface area contributed by atoms with Gasteiger partial charge in [0.05, 0.1) is 12.1 Å².